The van der Waals surface area contributed by atoms with Crippen molar-refractivity contribution >= 4 is 24.8 Å². The Balaban J connectivity index is 0.00000113. The number of aromatic amines is 1. The lowest BCUT2D eigenvalue weighted by molar-refractivity contribution is 0.222. The van der Waals surface area contributed by atoms with E-state index in [-0.39, 0.29) is 24.8 Å². The van der Waals surface area contributed by atoms with Crippen molar-refractivity contribution in [2.24, 2.45) is 11.8 Å². The van der Waals surface area contributed by atoms with Crippen LogP contribution in [0.1, 0.15) is 17.4 Å². The Morgan fingerprint density at radius 3 is 2.56 bits per heavy atom. The molecule has 3 heterocycles. The molecule has 2 fully saturated rings. The van der Waals surface area contributed by atoms with Crippen LogP contribution < -0.4 is 4.74 Å². The van der Waals surface area contributed by atoms with Gasteiger partial charge in [0.2, 0.25) is 0 Å². The van der Waals surface area contributed by atoms with Crippen molar-refractivity contribution in [2.45, 2.75) is 12.6 Å². The van der Waals surface area contributed by atoms with E-state index in [1.807, 2.05) is 12.4 Å². The fourth-order valence-corrected chi connectivity index (χ4v) is 4.38. The molecule has 2 saturated heterocycles. The molecular formula is C18H26Cl2N4O. The minimum absolute atomic E-state index is 0. The van der Waals surface area contributed by atoms with Crippen LogP contribution in [-0.4, -0.2) is 53.6 Å². The Labute approximate surface area is 161 Å². The first-order valence-corrected chi connectivity index (χ1v) is 8.29. The number of rotatable bonds is 4. The third kappa shape index (κ3) is 3.95. The Morgan fingerprint density at radius 1 is 1.16 bits per heavy atom. The van der Waals surface area contributed by atoms with E-state index in [9.17, 15) is 0 Å². The number of likely N-dealkylation sites (tertiary alicyclic amines) is 2. The maximum absolute atomic E-state index is 5.29. The molecule has 7 heteroatoms. The summed E-state index contributed by atoms with van der Waals surface area (Å²) in [5.41, 5.74) is 1.40. The molecule has 4 rings (SSSR count). The lowest BCUT2D eigenvalue weighted by atomic mass is 9.89. The van der Waals surface area contributed by atoms with E-state index in [4.69, 9.17) is 4.74 Å². The summed E-state index contributed by atoms with van der Waals surface area (Å²) in [5.74, 6) is 3.45. The second-order valence-electron chi connectivity index (χ2n) is 6.81. The van der Waals surface area contributed by atoms with Gasteiger partial charge in [-0.3, -0.25) is 9.80 Å². The Hall–Kier alpha value is -1.27. The zero-order valence-electron chi connectivity index (χ0n) is 14.6. The largest absolute Gasteiger partial charge is 0.497 e. The third-order valence-electron chi connectivity index (χ3n) is 5.36. The van der Waals surface area contributed by atoms with Crippen LogP contribution >= 0.6 is 24.8 Å². The second kappa shape index (κ2) is 8.41. The van der Waals surface area contributed by atoms with Crippen LogP contribution in [0.3, 0.4) is 0 Å². The first-order chi connectivity index (χ1) is 11.2. The third-order valence-corrected chi connectivity index (χ3v) is 5.36. The number of imidazole rings is 1. The predicted octanol–water partition coefficient (Wildman–Crippen LogP) is 3.00. The zero-order chi connectivity index (χ0) is 15.8. The summed E-state index contributed by atoms with van der Waals surface area (Å²) in [4.78, 5) is 12.6. The highest BCUT2D eigenvalue weighted by atomic mass is 35.5. The highest BCUT2D eigenvalue weighted by Gasteiger charge is 2.45. The lowest BCUT2D eigenvalue weighted by Gasteiger charge is -2.26. The second-order valence-corrected chi connectivity index (χ2v) is 6.81. The maximum Gasteiger partial charge on any atom is 0.120 e. The molecule has 1 aromatic carbocycles. The summed E-state index contributed by atoms with van der Waals surface area (Å²) in [6, 6.07) is 9.10. The smallest absolute Gasteiger partial charge is 0.120 e. The van der Waals surface area contributed by atoms with Crippen LogP contribution in [0.2, 0.25) is 0 Å². The van der Waals surface area contributed by atoms with Crippen molar-refractivity contribution < 1.29 is 4.74 Å². The lowest BCUT2D eigenvalue weighted by Crippen LogP contribution is -2.29. The van der Waals surface area contributed by atoms with E-state index in [1.54, 1.807) is 7.11 Å². The molecule has 2 aromatic rings. The van der Waals surface area contributed by atoms with Gasteiger partial charge in [0.1, 0.15) is 11.6 Å². The molecule has 1 aromatic heterocycles. The van der Waals surface area contributed by atoms with Crippen molar-refractivity contribution in [3.8, 4) is 5.75 Å². The number of aromatic nitrogens is 2. The first-order valence-electron chi connectivity index (χ1n) is 8.29. The predicted molar refractivity (Wildman–Crippen MR) is 104 cm³/mol. The topological polar surface area (TPSA) is 44.4 Å². The van der Waals surface area contributed by atoms with Gasteiger partial charge in [-0.05, 0) is 36.6 Å². The standard InChI is InChI=1S/C18H24N4O.2ClH/c1-21-9-14-10-22(12-17-19-7-8-20-17)11-16(14)18(21)13-3-5-15(23-2)6-4-13;;/h3-8,14,16,18H,9-12H2,1-2H3,(H,19,20);2*1H/t14-,16+,18+;;/m0../s1. The van der Waals surface area contributed by atoms with Gasteiger partial charge < -0.3 is 9.72 Å². The molecule has 0 bridgehead atoms. The first kappa shape index (κ1) is 20.0. The molecule has 0 unspecified atom stereocenters. The number of benzene rings is 1. The summed E-state index contributed by atoms with van der Waals surface area (Å²) in [7, 11) is 3.97. The zero-order valence-corrected chi connectivity index (χ0v) is 16.2. The number of fused-ring (bicyclic) bond motifs is 1. The van der Waals surface area contributed by atoms with E-state index in [2.05, 4.69) is 51.1 Å². The van der Waals surface area contributed by atoms with Crippen LogP contribution in [0.15, 0.2) is 36.7 Å². The van der Waals surface area contributed by atoms with Gasteiger partial charge in [0, 0.05) is 38.1 Å². The number of ether oxygens (including phenoxy) is 1. The van der Waals surface area contributed by atoms with Crippen LogP contribution in [0.25, 0.3) is 0 Å². The Morgan fingerprint density at radius 2 is 1.92 bits per heavy atom. The van der Waals surface area contributed by atoms with Crippen LogP contribution in [-0.2, 0) is 6.54 Å². The molecule has 3 atom stereocenters. The monoisotopic (exact) mass is 384 g/mol. The van der Waals surface area contributed by atoms with Crippen molar-refractivity contribution in [3.05, 3.63) is 48.0 Å². The summed E-state index contributed by atoms with van der Waals surface area (Å²) < 4.78 is 5.29. The number of methoxy groups -OCH3 is 1. The molecule has 138 valence electrons. The average molecular weight is 385 g/mol. The van der Waals surface area contributed by atoms with Crippen molar-refractivity contribution in [3.63, 3.8) is 0 Å². The number of nitrogens with zero attached hydrogens (tertiary/aromatic N) is 3. The highest BCUT2D eigenvalue weighted by molar-refractivity contribution is 5.85. The highest BCUT2D eigenvalue weighted by Crippen LogP contribution is 2.44. The fraction of sp³-hybridized carbons (Fsp3) is 0.500. The van der Waals surface area contributed by atoms with Crippen molar-refractivity contribution in [1.29, 1.82) is 0 Å². The molecule has 0 saturated carbocycles. The molecule has 0 spiro atoms. The van der Waals surface area contributed by atoms with E-state index in [1.165, 1.54) is 18.7 Å². The average Bonchev–Trinajstić information content (AvgIpc) is 3.25. The van der Waals surface area contributed by atoms with E-state index >= 15 is 0 Å². The molecule has 0 radical (unpaired) electrons. The van der Waals surface area contributed by atoms with Gasteiger partial charge in [0.05, 0.1) is 13.7 Å². The quantitative estimate of drug-likeness (QED) is 0.879. The van der Waals surface area contributed by atoms with Gasteiger partial charge in [-0.2, -0.15) is 0 Å². The molecule has 1 N–H and O–H groups in total. The van der Waals surface area contributed by atoms with Crippen LogP contribution in [0.4, 0.5) is 0 Å². The van der Waals surface area contributed by atoms with Crippen molar-refractivity contribution in [2.75, 3.05) is 33.8 Å². The minimum atomic E-state index is 0. The SMILES string of the molecule is COc1ccc([C@@H]2[C@@H]3CN(Cc4ncc[nH]4)C[C@@H]3CN2C)cc1.Cl.Cl. The maximum atomic E-state index is 5.29. The van der Waals surface area contributed by atoms with Gasteiger partial charge in [0.25, 0.3) is 0 Å². The van der Waals surface area contributed by atoms with Crippen LogP contribution in [0.5, 0.6) is 5.75 Å². The summed E-state index contributed by atoms with van der Waals surface area (Å²) in [5, 5.41) is 0. The van der Waals surface area contributed by atoms with E-state index in [0.29, 0.717) is 12.0 Å². The minimum Gasteiger partial charge on any atom is -0.497 e. The molecule has 5 nitrogen and oxygen atoms in total. The Kier molecular flexibility index (Phi) is 6.74. The van der Waals surface area contributed by atoms with E-state index < -0.39 is 0 Å². The summed E-state index contributed by atoms with van der Waals surface area (Å²) in [6.45, 7) is 4.42. The van der Waals surface area contributed by atoms with Crippen LogP contribution in [0, 0.1) is 11.8 Å². The van der Waals surface area contributed by atoms with Gasteiger partial charge in [-0.25, -0.2) is 4.98 Å². The molecule has 0 amide bonds. The molecule has 25 heavy (non-hydrogen) atoms. The Bertz CT molecular complexity index is 650. The summed E-state index contributed by atoms with van der Waals surface area (Å²) >= 11 is 0. The van der Waals surface area contributed by atoms with Gasteiger partial charge in [-0.1, -0.05) is 12.1 Å². The van der Waals surface area contributed by atoms with Crippen molar-refractivity contribution in [1.82, 2.24) is 19.8 Å². The molecule has 2 aliphatic rings. The van der Waals surface area contributed by atoms with Gasteiger partial charge in [0.15, 0.2) is 0 Å². The molecule has 0 aliphatic carbocycles. The fourth-order valence-electron chi connectivity index (χ4n) is 4.38. The number of hydrogen-bond acceptors (Lipinski definition) is 4. The number of halogens is 2. The normalized spacial score (nSPS) is 25.9. The van der Waals surface area contributed by atoms with Gasteiger partial charge >= 0.3 is 0 Å². The summed E-state index contributed by atoms with van der Waals surface area (Å²) in [6.07, 6.45) is 3.74. The van der Waals surface area contributed by atoms with Gasteiger partial charge in [-0.15, -0.1) is 24.8 Å². The molecular weight excluding hydrogens is 359 g/mol. The molecule has 2 aliphatic heterocycles. The van der Waals surface area contributed by atoms with E-state index in [0.717, 1.165) is 30.6 Å². The number of H-pyrrole nitrogens is 1. The number of nitrogens with one attached hydrogen (secondary N) is 1. The number of hydrogen-bond donors (Lipinski definition) is 1.